The van der Waals surface area contributed by atoms with Crippen molar-refractivity contribution in [1.82, 2.24) is 5.43 Å². The summed E-state index contributed by atoms with van der Waals surface area (Å²) in [5.41, 5.74) is 4.21. The lowest BCUT2D eigenvalue weighted by Crippen LogP contribution is -2.39. The second kappa shape index (κ2) is 9.90. The minimum atomic E-state index is -4.00. The topological polar surface area (TPSA) is 88.1 Å². The number of amides is 1. The van der Waals surface area contributed by atoms with Crippen LogP contribution in [0, 0.1) is 0 Å². The number of sulfonamides is 1. The van der Waals surface area contributed by atoms with Crippen molar-refractivity contribution in [3.05, 3.63) is 90.5 Å². The van der Waals surface area contributed by atoms with Crippen LogP contribution in [-0.4, -0.2) is 33.7 Å². The number of nitrogens with zero attached hydrogens (tertiary/aromatic N) is 2. The van der Waals surface area contributed by atoms with Crippen LogP contribution in [0.4, 0.5) is 5.69 Å². The van der Waals surface area contributed by atoms with Crippen molar-refractivity contribution in [2.45, 2.75) is 11.8 Å². The van der Waals surface area contributed by atoms with Crippen LogP contribution in [0.1, 0.15) is 12.5 Å². The second-order valence-electron chi connectivity index (χ2n) is 6.62. The largest absolute Gasteiger partial charge is 0.497 e. The molecule has 0 unspecified atom stereocenters. The molecule has 1 amide bonds. The van der Waals surface area contributed by atoms with E-state index in [0.29, 0.717) is 17.1 Å². The highest BCUT2D eigenvalue weighted by molar-refractivity contribution is 7.92. The fourth-order valence-corrected chi connectivity index (χ4v) is 4.29. The van der Waals surface area contributed by atoms with Gasteiger partial charge in [0, 0.05) is 6.07 Å². The molecule has 8 heteroatoms. The first-order valence-corrected chi connectivity index (χ1v) is 11.0. The molecule has 0 aromatic heterocycles. The van der Waals surface area contributed by atoms with Crippen LogP contribution in [0.15, 0.2) is 94.9 Å². The molecule has 160 valence electrons. The lowest BCUT2D eigenvalue weighted by molar-refractivity contribution is -0.119. The molecule has 0 spiro atoms. The van der Waals surface area contributed by atoms with E-state index in [2.05, 4.69) is 10.5 Å². The van der Waals surface area contributed by atoms with Gasteiger partial charge in [-0.2, -0.15) is 5.10 Å². The minimum absolute atomic E-state index is 0.0783. The van der Waals surface area contributed by atoms with Gasteiger partial charge in [0.15, 0.2) is 0 Å². The normalized spacial score (nSPS) is 11.6. The predicted molar refractivity (Wildman–Crippen MR) is 121 cm³/mol. The van der Waals surface area contributed by atoms with Gasteiger partial charge in [-0.15, -0.1) is 0 Å². The zero-order valence-electron chi connectivity index (χ0n) is 17.2. The van der Waals surface area contributed by atoms with E-state index in [4.69, 9.17) is 4.74 Å². The maximum Gasteiger partial charge on any atom is 0.264 e. The smallest absolute Gasteiger partial charge is 0.264 e. The van der Waals surface area contributed by atoms with Gasteiger partial charge in [0.2, 0.25) is 0 Å². The molecule has 0 fully saturated rings. The summed E-state index contributed by atoms with van der Waals surface area (Å²) < 4.78 is 32.8. The quantitative estimate of drug-likeness (QED) is 0.432. The number of benzene rings is 3. The molecule has 0 aliphatic carbocycles. The Morgan fingerprint density at radius 1 is 0.968 bits per heavy atom. The molecule has 7 nitrogen and oxygen atoms in total. The van der Waals surface area contributed by atoms with Crippen molar-refractivity contribution < 1.29 is 17.9 Å². The van der Waals surface area contributed by atoms with E-state index in [0.717, 1.165) is 9.87 Å². The predicted octanol–water partition coefficient (Wildman–Crippen LogP) is 3.43. The van der Waals surface area contributed by atoms with Crippen LogP contribution in [0.3, 0.4) is 0 Å². The van der Waals surface area contributed by atoms with Gasteiger partial charge in [0.05, 0.1) is 23.4 Å². The van der Waals surface area contributed by atoms with Gasteiger partial charge in [0.25, 0.3) is 15.9 Å². The lowest BCUT2D eigenvalue weighted by atomic mass is 10.1. The molecule has 0 aliphatic heterocycles. The second-order valence-corrected chi connectivity index (χ2v) is 8.49. The van der Waals surface area contributed by atoms with Gasteiger partial charge in [-0.25, -0.2) is 13.8 Å². The maximum atomic E-state index is 13.3. The molecule has 31 heavy (non-hydrogen) atoms. The summed E-state index contributed by atoms with van der Waals surface area (Å²) in [5, 5.41) is 4.10. The molecule has 0 atom stereocenters. The fraction of sp³-hybridized carbons (Fsp3) is 0.130. The Morgan fingerprint density at radius 2 is 1.61 bits per heavy atom. The van der Waals surface area contributed by atoms with Gasteiger partial charge in [-0.05, 0) is 36.8 Å². The van der Waals surface area contributed by atoms with Gasteiger partial charge in [-0.1, -0.05) is 54.6 Å². The summed E-state index contributed by atoms with van der Waals surface area (Å²) in [6, 6.07) is 23.8. The highest BCUT2D eigenvalue weighted by atomic mass is 32.2. The molecular formula is C23H23N3O4S. The molecule has 1 N–H and O–H groups in total. The minimum Gasteiger partial charge on any atom is -0.497 e. The number of ether oxygens (including phenoxy) is 1. The number of methoxy groups -OCH3 is 1. The third kappa shape index (κ3) is 5.49. The third-order valence-electron chi connectivity index (χ3n) is 4.50. The molecule has 0 bridgehead atoms. The summed E-state index contributed by atoms with van der Waals surface area (Å²) in [7, 11) is -2.51. The Bertz CT molecular complexity index is 1160. The van der Waals surface area contributed by atoms with Crippen LogP contribution < -0.4 is 14.5 Å². The summed E-state index contributed by atoms with van der Waals surface area (Å²) in [6.45, 7) is 1.31. The van der Waals surface area contributed by atoms with Gasteiger partial charge in [0.1, 0.15) is 12.3 Å². The van der Waals surface area contributed by atoms with Crippen LogP contribution >= 0.6 is 0 Å². The van der Waals surface area contributed by atoms with E-state index in [1.807, 2.05) is 30.3 Å². The van der Waals surface area contributed by atoms with Crippen LogP contribution in [-0.2, 0) is 14.8 Å². The van der Waals surface area contributed by atoms with E-state index >= 15 is 0 Å². The average molecular weight is 438 g/mol. The van der Waals surface area contributed by atoms with Crippen molar-refractivity contribution in [1.29, 1.82) is 0 Å². The number of carbonyl (C=O) groups is 1. The standard InChI is InChI=1S/C23H23N3O4S/c1-18(19-10-5-3-6-11-19)24-25-23(27)17-26(20-12-9-13-21(16-20)30-2)31(28,29)22-14-7-4-8-15-22/h3-16H,17H2,1-2H3,(H,25,27)/b24-18-. The molecule has 0 saturated heterocycles. The molecule has 3 aromatic rings. The third-order valence-corrected chi connectivity index (χ3v) is 6.29. The number of carbonyl (C=O) groups excluding carboxylic acids is 1. The van der Waals surface area contributed by atoms with Crippen molar-refractivity contribution in [3.63, 3.8) is 0 Å². The monoisotopic (exact) mass is 437 g/mol. The first-order chi connectivity index (χ1) is 14.9. The fourth-order valence-electron chi connectivity index (χ4n) is 2.86. The van der Waals surface area contributed by atoms with E-state index in [9.17, 15) is 13.2 Å². The molecule has 3 aromatic carbocycles. The molecule has 0 radical (unpaired) electrons. The Labute approximate surface area is 182 Å². The summed E-state index contributed by atoms with van der Waals surface area (Å²) in [6.07, 6.45) is 0. The zero-order valence-corrected chi connectivity index (χ0v) is 18.0. The van der Waals surface area contributed by atoms with Gasteiger partial charge < -0.3 is 4.74 Å². The van der Waals surface area contributed by atoms with Crippen LogP contribution in [0.2, 0.25) is 0 Å². The first-order valence-electron chi connectivity index (χ1n) is 9.52. The first kappa shape index (κ1) is 22.0. The SMILES string of the molecule is COc1cccc(N(CC(=O)N/N=C(/C)c2ccccc2)S(=O)(=O)c2ccccc2)c1. The van der Waals surface area contributed by atoms with E-state index < -0.39 is 22.5 Å². The summed E-state index contributed by atoms with van der Waals surface area (Å²) in [5.74, 6) is -0.0956. The number of rotatable bonds is 8. The highest BCUT2D eigenvalue weighted by Gasteiger charge is 2.27. The van der Waals surface area contributed by atoms with Crippen molar-refractivity contribution in [2.75, 3.05) is 18.0 Å². The molecular weight excluding hydrogens is 414 g/mol. The van der Waals surface area contributed by atoms with Gasteiger partial charge >= 0.3 is 0 Å². The maximum absolute atomic E-state index is 13.3. The molecule has 0 saturated carbocycles. The number of hydrogen-bond acceptors (Lipinski definition) is 5. The van der Waals surface area contributed by atoms with E-state index in [1.54, 1.807) is 49.4 Å². The van der Waals surface area contributed by atoms with Crippen molar-refractivity contribution in [2.24, 2.45) is 5.10 Å². The lowest BCUT2D eigenvalue weighted by Gasteiger charge is -2.24. The number of nitrogens with one attached hydrogen (secondary N) is 1. The van der Waals surface area contributed by atoms with Crippen molar-refractivity contribution >= 4 is 27.3 Å². The summed E-state index contributed by atoms with van der Waals surface area (Å²) in [4.78, 5) is 12.7. The number of anilines is 1. The average Bonchev–Trinajstić information content (AvgIpc) is 2.82. The summed E-state index contributed by atoms with van der Waals surface area (Å²) >= 11 is 0. The highest BCUT2D eigenvalue weighted by Crippen LogP contribution is 2.26. The van der Waals surface area contributed by atoms with E-state index in [1.165, 1.54) is 19.2 Å². The van der Waals surface area contributed by atoms with Crippen molar-refractivity contribution in [3.8, 4) is 5.75 Å². The van der Waals surface area contributed by atoms with E-state index in [-0.39, 0.29) is 4.90 Å². The molecule has 0 aliphatic rings. The van der Waals surface area contributed by atoms with Gasteiger partial charge in [-0.3, -0.25) is 9.10 Å². The zero-order chi connectivity index (χ0) is 22.3. The Morgan fingerprint density at radius 3 is 2.26 bits per heavy atom. The molecule has 3 rings (SSSR count). The Kier molecular flexibility index (Phi) is 7.04. The number of hydrogen-bond donors (Lipinski definition) is 1. The molecule has 0 heterocycles. The Balaban J connectivity index is 1.89. The van der Waals surface area contributed by atoms with Crippen LogP contribution in [0.25, 0.3) is 0 Å². The van der Waals surface area contributed by atoms with Crippen LogP contribution in [0.5, 0.6) is 5.75 Å². The Hall–Kier alpha value is -3.65. The number of hydrazone groups is 1.